The Morgan fingerprint density at radius 3 is 2.76 bits per heavy atom. The van der Waals surface area contributed by atoms with Crippen LogP contribution in [0.5, 0.6) is 0 Å². The van der Waals surface area contributed by atoms with Crippen molar-refractivity contribution < 1.29 is 0 Å². The highest BCUT2D eigenvalue weighted by molar-refractivity contribution is 9.10. The molecule has 104 valence electrons. The molecule has 3 rings (SSSR count). The summed E-state index contributed by atoms with van der Waals surface area (Å²) in [6, 6.07) is 13.4. The van der Waals surface area contributed by atoms with Crippen LogP contribution in [-0.4, -0.2) is 26.1 Å². The van der Waals surface area contributed by atoms with Gasteiger partial charge < -0.3 is 0 Å². The van der Waals surface area contributed by atoms with E-state index in [1.807, 2.05) is 42.5 Å². The number of benzene rings is 1. The Labute approximate surface area is 134 Å². The molecule has 0 aliphatic carbocycles. The number of hydrogen-bond acceptors (Lipinski definition) is 4. The van der Waals surface area contributed by atoms with Crippen molar-refractivity contribution in [3.8, 4) is 11.5 Å². The molecule has 0 fully saturated rings. The summed E-state index contributed by atoms with van der Waals surface area (Å²) in [4.78, 5) is 4.26. The lowest BCUT2D eigenvalue weighted by molar-refractivity contribution is 0.867. The van der Waals surface area contributed by atoms with Crippen LogP contribution >= 0.6 is 28.1 Å². The van der Waals surface area contributed by atoms with Gasteiger partial charge in [-0.1, -0.05) is 40.2 Å². The molecule has 21 heavy (non-hydrogen) atoms. The minimum atomic E-state index is 0.416. The number of H-pyrrole nitrogens is 1. The zero-order chi connectivity index (χ0) is 14.7. The molecule has 3 aromatic rings. The highest BCUT2D eigenvalue weighted by Crippen LogP contribution is 2.16. The van der Waals surface area contributed by atoms with E-state index in [0.29, 0.717) is 16.3 Å². The normalized spacial score (nSPS) is 11.1. The summed E-state index contributed by atoms with van der Waals surface area (Å²) in [7, 11) is 0. The smallest absolute Gasteiger partial charge is 0.216 e. The van der Waals surface area contributed by atoms with Crippen molar-refractivity contribution in [1.29, 1.82) is 0 Å². The third-order valence-corrected chi connectivity index (χ3v) is 3.75. The fourth-order valence-electron chi connectivity index (χ4n) is 1.76. The molecule has 0 bridgehead atoms. The largest absolute Gasteiger partial charge is 0.253 e. The molecular formula is C14H10BrN5S. The van der Waals surface area contributed by atoms with Crippen LogP contribution < -0.4 is 0 Å². The Bertz CT molecular complexity index is 838. The summed E-state index contributed by atoms with van der Waals surface area (Å²) in [5.74, 6) is 0.573. The zero-order valence-corrected chi connectivity index (χ0v) is 13.2. The van der Waals surface area contributed by atoms with E-state index in [-0.39, 0.29) is 0 Å². The molecule has 0 atom stereocenters. The molecule has 2 heterocycles. The van der Waals surface area contributed by atoms with Crippen LogP contribution in [0.1, 0.15) is 5.56 Å². The number of nitrogens with zero attached hydrogens (tertiary/aromatic N) is 4. The van der Waals surface area contributed by atoms with Crippen LogP contribution in [0.15, 0.2) is 58.2 Å². The fourth-order valence-corrected chi connectivity index (χ4v) is 2.33. The van der Waals surface area contributed by atoms with Gasteiger partial charge in [-0.3, -0.25) is 4.98 Å². The van der Waals surface area contributed by atoms with Crippen molar-refractivity contribution in [2.45, 2.75) is 0 Å². The summed E-state index contributed by atoms with van der Waals surface area (Å²) in [6.07, 6.45) is 3.43. The average molecular weight is 360 g/mol. The molecule has 0 saturated heterocycles. The second-order valence-corrected chi connectivity index (χ2v) is 5.39. The van der Waals surface area contributed by atoms with Crippen LogP contribution in [-0.2, 0) is 0 Å². The molecule has 0 aliphatic rings. The Morgan fingerprint density at radius 1 is 1.19 bits per heavy atom. The quantitative estimate of drug-likeness (QED) is 0.573. The number of pyridine rings is 1. The zero-order valence-electron chi connectivity index (χ0n) is 10.8. The van der Waals surface area contributed by atoms with E-state index in [1.54, 1.807) is 17.1 Å². The van der Waals surface area contributed by atoms with E-state index in [0.717, 1.165) is 10.0 Å². The molecule has 1 N–H and O–H groups in total. The molecule has 0 amide bonds. The Balaban J connectivity index is 2.02. The standard InChI is InChI=1S/C14H10BrN5S/c15-11-6-2-1-5-10(11)9-17-20-13(18-19-14(20)21)12-7-3-4-8-16-12/h1-9H,(H,19,21)/b17-9+. The number of aromatic nitrogens is 4. The minimum Gasteiger partial charge on any atom is -0.253 e. The maximum Gasteiger partial charge on any atom is 0.216 e. The Morgan fingerprint density at radius 2 is 2.00 bits per heavy atom. The van der Waals surface area contributed by atoms with Gasteiger partial charge in [0.05, 0.1) is 6.21 Å². The molecule has 0 spiro atoms. The number of halogens is 1. The Hall–Kier alpha value is -2.12. The van der Waals surface area contributed by atoms with E-state index in [2.05, 4.69) is 36.2 Å². The maximum absolute atomic E-state index is 5.21. The first-order valence-electron chi connectivity index (χ1n) is 6.13. The first kappa shape index (κ1) is 13.8. The second kappa shape index (κ2) is 6.11. The lowest BCUT2D eigenvalue weighted by Gasteiger charge is -2.00. The van der Waals surface area contributed by atoms with Crippen LogP contribution in [0.25, 0.3) is 11.5 Å². The van der Waals surface area contributed by atoms with Gasteiger partial charge in [-0.05, 0) is 30.4 Å². The van der Waals surface area contributed by atoms with Gasteiger partial charge in [0.1, 0.15) is 5.69 Å². The van der Waals surface area contributed by atoms with Crippen LogP contribution in [0.3, 0.4) is 0 Å². The first-order chi connectivity index (χ1) is 10.3. The van der Waals surface area contributed by atoms with Gasteiger partial charge in [0.2, 0.25) is 10.6 Å². The van der Waals surface area contributed by atoms with E-state index in [9.17, 15) is 0 Å². The van der Waals surface area contributed by atoms with Crippen molar-refractivity contribution in [2.75, 3.05) is 0 Å². The number of hydrogen-bond donors (Lipinski definition) is 1. The molecule has 0 unspecified atom stereocenters. The van der Waals surface area contributed by atoms with E-state index >= 15 is 0 Å². The molecule has 1 aromatic carbocycles. The number of aromatic amines is 1. The SMILES string of the molecule is S=c1[nH]nc(-c2ccccn2)n1/N=C/c1ccccc1Br. The summed E-state index contributed by atoms with van der Waals surface area (Å²) in [6.45, 7) is 0. The predicted octanol–water partition coefficient (Wildman–Crippen LogP) is 3.65. The topological polar surface area (TPSA) is 58.9 Å². The van der Waals surface area contributed by atoms with Gasteiger partial charge in [-0.2, -0.15) is 14.9 Å². The van der Waals surface area contributed by atoms with Crippen molar-refractivity contribution in [3.05, 3.63) is 63.5 Å². The average Bonchev–Trinajstić information content (AvgIpc) is 2.88. The predicted molar refractivity (Wildman–Crippen MR) is 87.8 cm³/mol. The number of nitrogens with one attached hydrogen (secondary N) is 1. The van der Waals surface area contributed by atoms with Crippen LogP contribution in [0, 0.1) is 4.77 Å². The van der Waals surface area contributed by atoms with Crippen molar-refractivity contribution in [1.82, 2.24) is 19.9 Å². The Kier molecular flexibility index (Phi) is 4.03. The van der Waals surface area contributed by atoms with E-state index < -0.39 is 0 Å². The maximum atomic E-state index is 5.21. The van der Waals surface area contributed by atoms with Gasteiger partial charge in [-0.25, -0.2) is 5.10 Å². The molecule has 0 radical (unpaired) electrons. The minimum absolute atomic E-state index is 0.416. The summed E-state index contributed by atoms with van der Waals surface area (Å²) >= 11 is 8.69. The van der Waals surface area contributed by atoms with Gasteiger partial charge in [0.15, 0.2) is 0 Å². The summed E-state index contributed by atoms with van der Waals surface area (Å²) in [5, 5.41) is 11.3. The van der Waals surface area contributed by atoms with E-state index in [1.165, 1.54) is 0 Å². The van der Waals surface area contributed by atoms with Gasteiger partial charge in [-0.15, -0.1) is 0 Å². The lowest BCUT2D eigenvalue weighted by Crippen LogP contribution is -1.96. The fraction of sp³-hybridized carbons (Fsp3) is 0. The molecule has 5 nitrogen and oxygen atoms in total. The highest BCUT2D eigenvalue weighted by atomic mass is 79.9. The molecule has 7 heteroatoms. The summed E-state index contributed by atoms with van der Waals surface area (Å²) in [5.41, 5.74) is 1.65. The van der Waals surface area contributed by atoms with Gasteiger partial charge in [0, 0.05) is 16.2 Å². The monoisotopic (exact) mass is 359 g/mol. The third-order valence-electron chi connectivity index (χ3n) is 2.76. The number of rotatable bonds is 3. The van der Waals surface area contributed by atoms with Gasteiger partial charge in [0.25, 0.3) is 0 Å². The summed E-state index contributed by atoms with van der Waals surface area (Å²) < 4.78 is 2.93. The van der Waals surface area contributed by atoms with Gasteiger partial charge >= 0.3 is 0 Å². The molecule has 0 aliphatic heterocycles. The van der Waals surface area contributed by atoms with Crippen molar-refractivity contribution >= 4 is 34.4 Å². The third kappa shape index (κ3) is 2.98. The second-order valence-electron chi connectivity index (χ2n) is 4.15. The molecule has 2 aromatic heterocycles. The van der Waals surface area contributed by atoms with Crippen LogP contribution in [0.4, 0.5) is 0 Å². The van der Waals surface area contributed by atoms with Crippen LogP contribution in [0.2, 0.25) is 0 Å². The molecule has 0 saturated carbocycles. The van der Waals surface area contributed by atoms with E-state index in [4.69, 9.17) is 12.2 Å². The first-order valence-corrected chi connectivity index (χ1v) is 7.33. The van der Waals surface area contributed by atoms with Crippen molar-refractivity contribution in [2.24, 2.45) is 5.10 Å². The molecular weight excluding hydrogens is 350 g/mol. The highest BCUT2D eigenvalue weighted by Gasteiger charge is 2.08. The lowest BCUT2D eigenvalue weighted by atomic mass is 10.2. The van der Waals surface area contributed by atoms with Crippen molar-refractivity contribution in [3.63, 3.8) is 0 Å².